The summed E-state index contributed by atoms with van der Waals surface area (Å²) in [5.41, 5.74) is 1.05. The molecule has 4 aliphatic carbocycles. The van der Waals surface area contributed by atoms with Gasteiger partial charge in [0, 0.05) is 5.92 Å². The minimum atomic E-state index is 0.361. The van der Waals surface area contributed by atoms with Gasteiger partial charge in [-0.25, -0.2) is 0 Å². The largest absolute Gasteiger partial charge is 0.303 e. The number of hydrogen-bond donors (Lipinski definition) is 0. The molecule has 0 aromatic rings. The molecule has 0 aromatic carbocycles. The molecule has 0 bridgehead atoms. The molecule has 4 rings (SSSR count). The lowest BCUT2D eigenvalue weighted by Gasteiger charge is -2.61. The minimum Gasteiger partial charge on any atom is -0.303 e. The lowest BCUT2D eigenvalue weighted by Crippen LogP contribution is -2.54. The Kier molecular flexibility index (Phi) is 6.27. The minimum absolute atomic E-state index is 0.361. The van der Waals surface area contributed by atoms with E-state index in [0.29, 0.717) is 22.7 Å². The van der Waals surface area contributed by atoms with E-state index in [4.69, 9.17) is 0 Å². The Balaban J connectivity index is 1.48. The first-order chi connectivity index (χ1) is 13.8. The lowest BCUT2D eigenvalue weighted by atomic mass is 9.43. The molecule has 1 heteroatoms. The second-order valence-electron chi connectivity index (χ2n) is 12.8. The number of fused-ring (bicyclic) bond motifs is 5. The third kappa shape index (κ3) is 3.65. The van der Waals surface area contributed by atoms with Crippen molar-refractivity contribution in [3.8, 4) is 0 Å². The Hall–Kier alpha value is -0.330. The molecule has 0 spiro atoms. The average molecular weight is 401 g/mol. The molecule has 0 amide bonds. The normalized spacial score (nSPS) is 47.9. The highest BCUT2D eigenvalue weighted by atomic mass is 16.1. The first kappa shape index (κ1) is 21.9. The summed E-state index contributed by atoms with van der Waals surface area (Å²) in [5.74, 6) is 6.58. The van der Waals surface area contributed by atoms with Crippen molar-refractivity contribution in [1.29, 1.82) is 0 Å². The Bertz CT molecular complexity index is 581. The monoisotopic (exact) mass is 400 g/mol. The Morgan fingerprint density at radius 2 is 1.55 bits per heavy atom. The molecule has 0 N–H and O–H groups in total. The Labute approximate surface area is 181 Å². The Morgan fingerprint density at radius 3 is 2.28 bits per heavy atom. The van der Waals surface area contributed by atoms with Crippen LogP contribution in [0, 0.1) is 58.2 Å². The predicted octanol–water partition coefficient (Wildman–Crippen LogP) is 7.92. The van der Waals surface area contributed by atoms with Crippen molar-refractivity contribution in [2.75, 3.05) is 0 Å². The van der Waals surface area contributed by atoms with E-state index >= 15 is 0 Å². The van der Waals surface area contributed by atoms with Crippen molar-refractivity contribution in [2.24, 2.45) is 58.2 Å². The van der Waals surface area contributed by atoms with Crippen LogP contribution in [0.5, 0.6) is 0 Å². The van der Waals surface area contributed by atoms with Gasteiger partial charge in [0.15, 0.2) is 0 Å². The molecule has 29 heavy (non-hydrogen) atoms. The topological polar surface area (TPSA) is 17.1 Å². The van der Waals surface area contributed by atoms with Gasteiger partial charge in [0.2, 0.25) is 0 Å². The van der Waals surface area contributed by atoms with Gasteiger partial charge in [-0.05, 0) is 104 Å². The zero-order valence-electron chi connectivity index (χ0n) is 20.1. The summed E-state index contributed by atoms with van der Waals surface area (Å²) >= 11 is 0. The van der Waals surface area contributed by atoms with Gasteiger partial charge in [-0.3, -0.25) is 0 Å². The highest BCUT2D eigenvalue weighted by Gasteiger charge is 2.61. The van der Waals surface area contributed by atoms with Gasteiger partial charge in [-0.2, -0.15) is 0 Å². The first-order valence-electron chi connectivity index (χ1n) is 13.3. The molecule has 0 aliphatic heterocycles. The van der Waals surface area contributed by atoms with Gasteiger partial charge in [-0.15, -0.1) is 0 Å². The van der Waals surface area contributed by atoms with E-state index in [2.05, 4.69) is 34.6 Å². The van der Waals surface area contributed by atoms with Crippen LogP contribution in [0.15, 0.2) is 0 Å². The summed E-state index contributed by atoms with van der Waals surface area (Å²) in [6.07, 6.45) is 18.1. The highest BCUT2D eigenvalue weighted by Crippen LogP contribution is 2.68. The van der Waals surface area contributed by atoms with Gasteiger partial charge >= 0.3 is 0 Å². The van der Waals surface area contributed by atoms with Crippen molar-refractivity contribution in [3.05, 3.63) is 0 Å². The summed E-state index contributed by atoms with van der Waals surface area (Å²) in [4.78, 5) is 11.8. The number of rotatable bonds is 6. The molecule has 9 atom stereocenters. The highest BCUT2D eigenvalue weighted by molar-refractivity contribution is 5.54. The van der Waals surface area contributed by atoms with Crippen LogP contribution in [0.2, 0.25) is 0 Å². The fourth-order valence-electron chi connectivity index (χ4n) is 9.67. The van der Waals surface area contributed by atoms with Crippen molar-refractivity contribution < 1.29 is 4.79 Å². The van der Waals surface area contributed by atoms with Gasteiger partial charge in [0.1, 0.15) is 6.29 Å². The summed E-state index contributed by atoms with van der Waals surface area (Å²) < 4.78 is 0. The van der Waals surface area contributed by atoms with Gasteiger partial charge in [0.05, 0.1) is 0 Å². The van der Waals surface area contributed by atoms with Crippen LogP contribution in [0.3, 0.4) is 0 Å². The SMILES string of the molecule is CC(C)CCC[C@@H](C)[C@H]1CC[C@H]2[C@@H]3CC[C@@H]4[C@@H](C=O)CCC[C@]4(C)[C@H]3CC[C@]12C. The van der Waals surface area contributed by atoms with Crippen molar-refractivity contribution >= 4 is 6.29 Å². The van der Waals surface area contributed by atoms with E-state index in [-0.39, 0.29) is 0 Å². The maximum absolute atomic E-state index is 11.8. The predicted molar refractivity (Wildman–Crippen MR) is 123 cm³/mol. The van der Waals surface area contributed by atoms with Crippen LogP contribution in [0.1, 0.15) is 112 Å². The molecular formula is C28H48O. The zero-order valence-corrected chi connectivity index (χ0v) is 20.1. The zero-order chi connectivity index (χ0) is 20.8. The van der Waals surface area contributed by atoms with E-state index in [1.807, 2.05) is 0 Å². The molecule has 0 unspecified atom stereocenters. The summed E-state index contributed by atoms with van der Waals surface area (Å²) in [6, 6.07) is 0. The quantitative estimate of drug-likeness (QED) is 0.414. The smallest absolute Gasteiger partial charge is 0.123 e. The third-order valence-electron chi connectivity index (χ3n) is 11.1. The second kappa shape index (κ2) is 8.31. The third-order valence-corrected chi connectivity index (χ3v) is 11.1. The fourth-order valence-corrected chi connectivity index (χ4v) is 9.67. The standard InChI is InChI=1S/C28H48O/c1-19(2)8-6-9-20(3)23-13-14-25-22-11-12-24-21(18-29)10-7-16-27(24,4)26(22)15-17-28(23,25)5/h18-26H,6-17H2,1-5H3/t20-,21-,22+,23-,24-,25+,26+,27+,28-/m1/s1. The van der Waals surface area contributed by atoms with Crippen LogP contribution in [0.4, 0.5) is 0 Å². The molecule has 0 saturated heterocycles. The average Bonchev–Trinajstić information content (AvgIpc) is 3.03. The van der Waals surface area contributed by atoms with Crippen LogP contribution < -0.4 is 0 Å². The van der Waals surface area contributed by atoms with Crippen molar-refractivity contribution in [1.82, 2.24) is 0 Å². The molecule has 0 aromatic heterocycles. The van der Waals surface area contributed by atoms with Crippen LogP contribution in [-0.2, 0) is 4.79 Å². The van der Waals surface area contributed by atoms with Gasteiger partial charge < -0.3 is 4.79 Å². The summed E-state index contributed by atoms with van der Waals surface area (Å²) in [7, 11) is 0. The maximum Gasteiger partial charge on any atom is 0.123 e. The Morgan fingerprint density at radius 1 is 0.828 bits per heavy atom. The number of carbonyl (C=O) groups is 1. The summed E-state index contributed by atoms with van der Waals surface area (Å²) in [5, 5.41) is 0. The number of hydrogen-bond acceptors (Lipinski definition) is 1. The van der Waals surface area contributed by atoms with E-state index in [0.717, 1.165) is 41.9 Å². The molecule has 4 aliphatic rings. The lowest BCUT2D eigenvalue weighted by molar-refractivity contribution is -0.140. The number of aldehydes is 1. The van der Waals surface area contributed by atoms with E-state index in [9.17, 15) is 4.79 Å². The maximum atomic E-state index is 11.8. The molecular weight excluding hydrogens is 352 g/mol. The second-order valence-corrected chi connectivity index (χ2v) is 12.8. The van der Waals surface area contributed by atoms with Crippen LogP contribution >= 0.6 is 0 Å². The van der Waals surface area contributed by atoms with Crippen molar-refractivity contribution in [2.45, 2.75) is 112 Å². The molecule has 4 saturated carbocycles. The fraction of sp³-hybridized carbons (Fsp3) is 0.964. The summed E-state index contributed by atoms with van der Waals surface area (Å²) in [6.45, 7) is 12.6. The molecule has 166 valence electrons. The van der Waals surface area contributed by atoms with Gasteiger partial charge in [0.25, 0.3) is 0 Å². The van der Waals surface area contributed by atoms with E-state index in [1.54, 1.807) is 0 Å². The van der Waals surface area contributed by atoms with Crippen LogP contribution in [0.25, 0.3) is 0 Å². The van der Waals surface area contributed by atoms with E-state index < -0.39 is 0 Å². The van der Waals surface area contributed by atoms with E-state index in [1.165, 1.54) is 76.9 Å². The number of carbonyl (C=O) groups excluding carboxylic acids is 1. The van der Waals surface area contributed by atoms with Crippen LogP contribution in [-0.4, -0.2) is 6.29 Å². The van der Waals surface area contributed by atoms with Crippen molar-refractivity contribution in [3.63, 3.8) is 0 Å². The molecule has 1 nitrogen and oxygen atoms in total. The molecule has 0 radical (unpaired) electrons. The first-order valence-corrected chi connectivity index (χ1v) is 13.3. The molecule has 0 heterocycles. The molecule has 4 fully saturated rings. The van der Waals surface area contributed by atoms with Gasteiger partial charge in [-0.1, -0.05) is 60.3 Å².